The van der Waals surface area contributed by atoms with E-state index in [2.05, 4.69) is 10.3 Å². The molecule has 1 amide bonds. The molecule has 0 aliphatic rings. The van der Waals surface area contributed by atoms with E-state index in [1.807, 2.05) is 5.38 Å². The zero-order valence-corrected chi connectivity index (χ0v) is 10.6. The van der Waals surface area contributed by atoms with Crippen LogP contribution in [0.5, 0.6) is 0 Å². The number of aliphatic carboxylic acids is 1. The van der Waals surface area contributed by atoms with Crippen molar-refractivity contribution in [1.29, 1.82) is 0 Å². The van der Waals surface area contributed by atoms with Crippen molar-refractivity contribution in [3.8, 4) is 0 Å². The zero-order valence-electron chi connectivity index (χ0n) is 9.74. The third-order valence-corrected chi connectivity index (χ3v) is 2.88. The molecule has 2 heterocycles. The Morgan fingerprint density at radius 3 is 2.84 bits per heavy atom. The van der Waals surface area contributed by atoms with E-state index in [9.17, 15) is 9.59 Å². The second kappa shape index (κ2) is 5.92. The summed E-state index contributed by atoms with van der Waals surface area (Å²) in [4.78, 5) is 26.3. The van der Waals surface area contributed by atoms with Crippen LogP contribution in [-0.4, -0.2) is 22.0 Å². The molecule has 6 heteroatoms. The number of thiophene rings is 1. The first-order chi connectivity index (χ1) is 9.15. The summed E-state index contributed by atoms with van der Waals surface area (Å²) >= 11 is 1.44. The van der Waals surface area contributed by atoms with E-state index in [0.29, 0.717) is 17.1 Å². The summed E-state index contributed by atoms with van der Waals surface area (Å²) in [7, 11) is 0. The van der Waals surface area contributed by atoms with Crippen LogP contribution in [0.15, 0.2) is 41.1 Å². The first kappa shape index (κ1) is 13.0. The molecule has 0 unspecified atom stereocenters. The second-order valence-corrected chi connectivity index (χ2v) is 4.37. The van der Waals surface area contributed by atoms with Crippen LogP contribution in [0, 0.1) is 0 Å². The summed E-state index contributed by atoms with van der Waals surface area (Å²) < 4.78 is 0. The van der Waals surface area contributed by atoms with Crippen molar-refractivity contribution in [2.75, 3.05) is 5.32 Å². The van der Waals surface area contributed by atoms with Gasteiger partial charge in [0.25, 0.3) is 5.91 Å². The fraction of sp³-hybridized carbons (Fsp3) is 0. The van der Waals surface area contributed by atoms with Crippen molar-refractivity contribution >= 4 is 35.1 Å². The van der Waals surface area contributed by atoms with Gasteiger partial charge in [0.05, 0.1) is 11.3 Å². The van der Waals surface area contributed by atoms with E-state index in [-0.39, 0.29) is 5.91 Å². The molecule has 2 aromatic heterocycles. The third kappa shape index (κ3) is 3.75. The van der Waals surface area contributed by atoms with Gasteiger partial charge in [-0.25, -0.2) is 9.78 Å². The molecule has 5 nitrogen and oxygen atoms in total. The molecular formula is C13H10N2O3S. The number of hydrogen-bond donors (Lipinski definition) is 2. The molecule has 96 valence electrons. The highest BCUT2D eigenvalue weighted by Gasteiger charge is 2.06. The van der Waals surface area contributed by atoms with Crippen LogP contribution in [0.1, 0.15) is 16.1 Å². The molecule has 0 radical (unpaired) electrons. The average Bonchev–Trinajstić information content (AvgIpc) is 2.91. The molecular weight excluding hydrogens is 264 g/mol. The van der Waals surface area contributed by atoms with Gasteiger partial charge >= 0.3 is 5.97 Å². The van der Waals surface area contributed by atoms with Gasteiger partial charge in [-0.3, -0.25) is 4.79 Å². The minimum atomic E-state index is -1.05. The normalized spacial score (nSPS) is 10.5. The Morgan fingerprint density at radius 2 is 2.16 bits per heavy atom. The fourth-order valence-electron chi connectivity index (χ4n) is 1.35. The highest BCUT2D eigenvalue weighted by Crippen LogP contribution is 2.11. The van der Waals surface area contributed by atoms with E-state index >= 15 is 0 Å². The topological polar surface area (TPSA) is 79.3 Å². The number of anilines is 1. The highest BCUT2D eigenvalue weighted by molar-refractivity contribution is 7.08. The first-order valence-corrected chi connectivity index (χ1v) is 6.31. The summed E-state index contributed by atoms with van der Waals surface area (Å²) in [5.74, 6) is -0.911. The molecule has 2 N–H and O–H groups in total. The van der Waals surface area contributed by atoms with Crippen LogP contribution in [-0.2, 0) is 4.79 Å². The third-order valence-electron chi connectivity index (χ3n) is 2.19. The van der Waals surface area contributed by atoms with Gasteiger partial charge in [-0.1, -0.05) is 6.07 Å². The Hall–Kier alpha value is -2.47. The van der Waals surface area contributed by atoms with E-state index in [1.54, 1.807) is 29.6 Å². The number of carbonyl (C=O) groups is 2. The maximum Gasteiger partial charge on any atom is 0.328 e. The van der Waals surface area contributed by atoms with Gasteiger partial charge in [0.1, 0.15) is 5.82 Å². The summed E-state index contributed by atoms with van der Waals surface area (Å²) in [6.45, 7) is 0. The number of hydrogen-bond acceptors (Lipinski definition) is 4. The van der Waals surface area contributed by atoms with Crippen molar-refractivity contribution in [1.82, 2.24) is 4.98 Å². The Morgan fingerprint density at radius 1 is 1.32 bits per heavy atom. The Kier molecular flexibility index (Phi) is 4.04. The number of carbonyl (C=O) groups excluding carboxylic acids is 1. The molecule has 0 bridgehead atoms. The number of nitrogens with one attached hydrogen (secondary N) is 1. The maximum atomic E-state index is 11.8. The standard InChI is InChI=1S/C13H10N2O3S/c16-12(17)5-4-10-2-1-3-11(14-10)15-13(18)9-6-7-19-8-9/h1-8H,(H,16,17)(H,14,15,18)/b5-4+. The van der Waals surface area contributed by atoms with Crippen molar-refractivity contribution in [2.45, 2.75) is 0 Å². The summed E-state index contributed by atoms with van der Waals surface area (Å²) in [6, 6.07) is 6.70. The molecule has 0 aromatic carbocycles. The quantitative estimate of drug-likeness (QED) is 0.839. The number of rotatable bonds is 4. The van der Waals surface area contributed by atoms with Crippen LogP contribution < -0.4 is 5.32 Å². The minimum absolute atomic E-state index is 0.242. The van der Waals surface area contributed by atoms with Gasteiger partial charge in [-0.2, -0.15) is 11.3 Å². The number of carboxylic acids is 1. The number of aromatic nitrogens is 1. The molecule has 19 heavy (non-hydrogen) atoms. The number of nitrogens with zero attached hydrogens (tertiary/aromatic N) is 1. The monoisotopic (exact) mass is 274 g/mol. The number of pyridine rings is 1. The molecule has 0 aliphatic heterocycles. The molecule has 2 rings (SSSR count). The average molecular weight is 274 g/mol. The summed E-state index contributed by atoms with van der Waals surface area (Å²) in [6.07, 6.45) is 2.36. The SMILES string of the molecule is O=C(O)/C=C/c1cccc(NC(=O)c2ccsc2)n1. The van der Waals surface area contributed by atoms with Crippen LogP contribution in [0.2, 0.25) is 0 Å². The molecule has 0 fully saturated rings. The number of amides is 1. The van der Waals surface area contributed by atoms with Crippen LogP contribution in [0.3, 0.4) is 0 Å². The smallest absolute Gasteiger partial charge is 0.328 e. The highest BCUT2D eigenvalue weighted by atomic mass is 32.1. The summed E-state index contributed by atoms with van der Waals surface area (Å²) in [5, 5.41) is 14.7. The first-order valence-electron chi connectivity index (χ1n) is 5.37. The lowest BCUT2D eigenvalue weighted by Gasteiger charge is -2.03. The van der Waals surface area contributed by atoms with Gasteiger partial charge in [0.2, 0.25) is 0 Å². The van der Waals surface area contributed by atoms with Crippen molar-refractivity contribution in [3.05, 3.63) is 52.4 Å². The second-order valence-electron chi connectivity index (χ2n) is 3.59. The molecule has 0 atom stereocenters. The maximum absolute atomic E-state index is 11.8. The van der Waals surface area contributed by atoms with Gasteiger partial charge in [-0.05, 0) is 29.7 Å². The lowest BCUT2D eigenvalue weighted by molar-refractivity contribution is -0.131. The molecule has 0 spiro atoms. The molecule has 0 aliphatic carbocycles. The predicted molar refractivity (Wildman–Crippen MR) is 73.2 cm³/mol. The van der Waals surface area contributed by atoms with Gasteiger partial charge < -0.3 is 10.4 Å². The Balaban J connectivity index is 2.11. The molecule has 2 aromatic rings. The van der Waals surface area contributed by atoms with Gasteiger partial charge in [0, 0.05) is 11.5 Å². The van der Waals surface area contributed by atoms with E-state index in [0.717, 1.165) is 6.08 Å². The van der Waals surface area contributed by atoms with Gasteiger partial charge in [-0.15, -0.1) is 0 Å². The van der Waals surface area contributed by atoms with Crippen molar-refractivity contribution < 1.29 is 14.7 Å². The fourth-order valence-corrected chi connectivity index (χ4v) is 1.99. The zero-order chi connectivity index (χ0) is 13.7. The Bertz CT molecular complexity index is 621. The Labute approximate surface area is 113 Å². The van der Waals surface area contributed by atoms with Crippen molar-refractivity contribution in [2.24, 2.45) is 0 Å². The van der Waals surface area contributed by atoms with Crippen molar-refractivity contribution in [3.63, 3.8) is 0 Å². The minimum Gasteiger partial charge on any atom is -0.478 e. The van der Waals surface area contributed by atoms with E-state index in [4.69, 9.17) is 5.11 Å². The predicted octanol–water partition coefficient (Wildman–Crippen LogP) is 2.49. The lowest BCUT2D eigenvalue weighted by atomic mass is 10.3. The van der Waals surface area contributed by atoms with Crippen LogP contribution in [0.4, 0.5) is 5.82 Å². The largest absolute Gasteiger partial charge is 0.478 e. The lowest BCUT2D eigenvalue weighted by Crippen LogP contribution is -2.12. The summed E-state index contributed by atoms with van der Waals surface area (Å²) in [5.41, 5.74) is 1.03. The van der Waals surface area contributed by atoms with E-state index < -0.39 is 5.97 Å². The molecule has 0 saturated heterocycles. The van der Waals surface area contributed by atoms with Crippen LogP contribution >= 0.6 is 11.3 Å². The van der Waals surface area contributed by atoms with Crippen LogP contribution in [0.25, 0.3) is 6.08 Å². The van der Waals surface area contributed by atoms with E-state index in [1.165, 1.54) is 17.4 Å². The molecule has 0 saturated carbocycles. The number of carboxylic acid groups (broad SMARTS) is 1. The van der Waals surface area contributed by atoms with Gasteiger partial charge in [0.15, 0.2) is 0 Å².